The lowest BCUT2D eigenvalue weighted by Crippen LogP contribution is -2.52. The van der Waals surface area contributed by atoms with Gasteiger partial charge >= 0.3 is 0 Å². The summed E-state index contributed by atoms with van der Waals surface area (Å²) in [5.41, 5.74) is 0.951. The smallest absolute Gasteiger partial charge is 0.242 e. The van der Waals surface area contributed by atoms with Crippen LogP contribution in [0, 0.1) is 0 Å². The number of nitrogens with zero attached hydrogens (tertiary/aromatic N) is 8. The Morgan fingerprint density at radius 2 is 1.02 bits per heavy atom. The third kappa shape index (κ3) is 16.6. The second kappa shape index (κ2) is 25.9. The second-order valence-corrected chi connectivity index (χ2v) is 13.3. The molecule has 5 amide bonds. The van der Waals surface area contributed by atoms with Gasteiger partial charge in [0.25, 0.3) is 0 Å². The zero-order valence-corrected chi connectivity index (χ0v) is 33.2. The van der Waals surface area contributed by atoms with Crippen LogP contribution in [0.2, 0.25) is 0 Å². The van der Waals surface area contributed by atoms with E-state index in [1.54, 1.807) is 11.6 Å². The highest BCUT2D eigenvalue weighted by Gasteiger charge is 2.28. The number of aryl methyl sites for hydroxylation is 1. The zero-order chi connectivity index (χ0) is 39.9. The molecule has 1 saturated carbocycles. The number of hydrogen-bond acceptors (Lipinski definition) is 12. The Labute approximate surface area is 319 Å². The van der Waals surface area contributed by atoms with Crippen LogP contribution in [0.15, 0.2) is 6.20 Å². The molecule has 18 nitrogen and oxygen atoms in total. The van der Waals surface area contributed by atoms with Crippen LogP contribution in [0.25, 0.3) is 0 Å². The minimum atomic E-state index is -0.512. The molecule has 0 atom stereocenters. The number of Topliss-reactive ketones (excluding diaryl/α,β-unsaturated/α-hetero) is 1. The third-order valence-corrected chi connectivity index (χ3v) is 9.19. The molecule has 0 aromatic carbocycles. The number of carbonyl (C=O) groups is 6. The summed E-state index contributed by atoms with van der Waals surface area (Å²) in [4.78, 5) is 86.1. The van der Waals surface area contributed by atoms with E-state index >= 15 is 0 Å². The summed E-state index contributed by atoms with van der Waals surface area (Å²) in [5.74, 6) is -1.98. The number of aromatic nitrogens is 3. The van der Waals surface area contributed by atoms with Gasteiger partial charge in [0.05, 0.1) is 64.8 Å². The van der Waals surface area contributed by atoms with E-state index in [4.69, 9.17) is 18.9 Å². The zero-order valence-electron chi connectivity index (χ0n) is 33.2. The van der Waals surface area contributed by atoms with Crippen LogP contribution in [-0.2, 0) is 54.3 Å². The molecule has 306 valence electrons. The molecule has 0 radical (unpaired) electrons. The molecule has 0 aliphatic heterocycles. The third-order valence-electron chi connectivity index (χ3n) is 9.19. The maximum absolute atomic E-state index is 14.1. The molecular weight excluding hydrogens is 704 g/mol. The molecule has 1 aromatic rings. The number of hydrogen-bond donors (Lipinski definition) is 0. The average Bonchev–Trinajstić information content (AvgIpc) is 3.87. The van der Waals surface area contributed by atoms with Crippen molar-refractivity contribution in [2.24, 2.45) is 0 Å². The number of rotatable bonds is 28. The van der Waals surface area contributed by atoms with Crippen molar-refractivity contribution >= 4 is 35.3 Å². The van der Waals surface area contributed by atoms with Crippen LogP contribution >= 0.6 is 0 Å². The fourth-order valence-corrected chi connectivity index (χ4v) is 6.07. The van der Waals surface area contributed by atoms with Gasteiger partial charge in [-0.3, -0.25) is 33.4 Å². The normalized spacial score (nSPS) is 12.8. The van der Waals surface area contributed by atoms with Crippen molar-refractivity contribution in [3.05, 3.63) is 11.9 Å². The number of ether oxygens (including phenoxy) is 4. The monoisotopic (exact) mass is 766 g/mol. The largest absolute Gasteiger partial charge is 0.383 e. The molecule has 1 aromatic heterocycles. The summed E-state index contributed by atoms with van der Waals surface area (Å²) in [7, 11) is 5.94. The Morgan fingerprint density at radius 1 is 0.630 bits per heavy atom. The van der Waals surface area contributed by atoms with Crippen molar-refractivity contribution in [2.75, 3.05) is 120 Å². The summed E-state index contributed by atoms with van der Waals surface area (Å²) in [6, 6.07) is 0. The molecule has 2 rings (SSSR count). The van der Waals surface area contributed by atoms with E-state index in [-0.39, 0.29) is 110 Å². The number of methoxy groups -OCH3 is 4. The Bertz CT molecular complexity index is 1320. The molecule has 1 fully saturated rings. The van der Waals surface area contributed by atoms with Crippen molar-refractivity contribution < 1.29 is 47.7 Å². The van der Waals surface area contributed by atoms with Crippen LogP contribution in [0.5, 0.6) is 0 Å². The molecule has 0 saturated heterocycles. The second-order valence-electron chi connectivity index (χ2n) is 13.3. The van der Waals surface area contributed by atoms with Crippen LogP contribution in [-0.4, -0.2) is 195 Å². The molecule has 1 heterocycles. The van der Waals surface area contributed by atoms with E-state index in [9.17, 15) is 28.8 Å². The molecule has 18 heteroatoms. The van der Waals surface area contributed by atoms with E-state index in [2.05, 4.69) is 10.3 Å². The number of amides is 5. The molecule has 0 unspecified atom stereocenters. The van der Waals surface area contributed by atoms with Crippen molar-refractivity contribution in [3.8, 4) is 0 Å². The molecule has 1 aliphatic rings. The van der Waals surface area contributed by atoms with Crippen molar-refractivity contribution in [1.82, 2.24) is 39.5 Å². The van der Waals surface area contributed by atoms with Gasteiger partial charge in [-0.2, -0.15) is 0 Å². The maximum atomic E-state index is 14.1. The lowest BCUT2D eigenvalue weighted by molar-refractivity contribution is -0.148. The van der Waals surface area contributed by atoms with Gasteiger partial charge in [0.15, 0.2) is 0 Å². The molecule has 1 aliphatic carbocycles. The molecule has 54 heavy (non-hydrogen) atoms. The highest BCUT2D eigenvalue weighted by Crippen LogP contribution is 2.32. The first-order valence-corrected chi connectivity index (χ1v) is 18.7. The van der Waals surface area contributed by atoms with Gasteiger partial charge in [-0.05, 0) is 26.2 Å². The Kier molecular flexibility index (Phi) is 22.2. The summed E-state index contributed by atoms with van der Waals surface area (Å²) in [5, 5.41) is 8.64. The first kappa shape index (κ1) is 46.2. The average molecular weight is 767 g/mol. The fraction of sp³-hybridized carbons (Fsp3) is 0.778. The highest BCUT2D eigenvalue weighted by molar-refractivity contribution is 5.92. The van der Waals surface area contributed by atoms with Crippen LogP contribution in [0.4, 0.5) is 0 Å². The Hall–Kier alpha value is -4.00. The van der Waals surface area contributed by atoms with E-state index in [1.807, 2.05) is 6.20 Å². The minimum absolute atomic E-state index is 0.0609. The van der Waals surface area contributed by atoms with Crippen molar-refractivity contribution in [2.45, 2.75) is 64.8 Å². The Morgan fingerprint density at radius 3 is 1.41 bits per heavy atom. The van der Waals surface area contributed by atoms with Crippen LogP contribution in [0.1, 0.15) is 64.0 Å². The lowest BCUT2D eigenvalue weighted by Gasteiger charge is -2.31. The summed E-state index contributed by atoms with van der Waals surface area (Å²) >= 11 is 0. The standard InChI is InChI=1S/C36H62N8O10/c1-7-32(46)41(16-20-52-4)26-36(50)42(17-21-53-5)27-33(47)39(13-10-14-44-24-31(37-38-44)30-11-8-9-12-30)25-35(49)43(18-22-54-6)28-34(48)40(15-19-51-3)23-29(2)45/h24,30H,7-23,25-28H2,1-6H3. The van der Waals surface area contributed by atoms with Crippen molar-refractivity contribution in [1.29, 1.82) is 0 Å². The van der Waals surface area contributed by atoms with E-state index in [1.165, 1.54) is 72.7 Å². The maximum Gasteiger partial charge on any atom is 0.242 e. The highest BCUT2D eigenvalue weighted by atomic mass is 16.5. The number of carbonyl (C=O) groups excluding carboxylic acids is 6. The van der Waals surface area contributed by atoms with Crippen LogP contribution < -0.4 is 0 Å². The first-order chi connectivity index (χ1) is 26.0. The quantitative estimate of drug-likeness (QED) is 0.112. The van der Waals surface area contributed by atoms with E-state index in [0.29, 0.717) is 18.9 Å². The van der Waals surface area contributed by atoms with Gasteiger partial charge in [-0.25, -0.2) is 0 Å². The molecule has 0 N–H and O–H groups in total. The van der Waals surface area contributed by atoms with Gasteiger partial charge in [0.1, 0.15) is 5.78 Å². The summed E-state index contributed by atoms with van der Waals surface area (Å²) in [6.07, 6.45) is 7.05. The van der Waals surface area contributed by atoms with Gasteiger partial charge in [-0.1, -0.05) is 25.0 Å². The predicted octanol–water partition coefficient (Wildman–Crippen LogP) is 0.0534. The van der Waals surface area contributed by atoms with Crippen molar-refractivity contribution in [3.63, 3.8) is 0 Å². The molecule has 0 bridgehead atoms. The fourth-order valence-electron chi connectivity index (χ4n) is 6.07. The topological polar surface area (TPSA) is 186 Å². The summed E-state index contributed by atoms with van der Waals surface area (Å²) in [6.45, 7) is 3.37. The number of ketones is 1. The molecule has 0 spiro atoms. The van der Waals surface area contributed by atoms with Gasteiger partial charge in [0.2, 0.25) is 29.5 Å². The predicted molar refractivity (Wildman–Crippen MR) is 197 cm³/mol. The minimum Gasteiger partial charge on any atom is -0.383 e. The first-order valence-electron chi connectivity index (χ1n) is 18.7. The van der Waals surface area contributed by atoms with Gasteiger partial charge < -0.3 is 43.4 Å². The lowest BCUT2D eigenvalue weighted by atomic mass is 10.1. The SMILES string of the molecule is CCC(=O)N(CCOC)CC(=O)N(CCOC)CC(=O)N(CCCn1cc(C2CCCC2)nn1)CC(=O)N(CCOC)CC(=O)N(CCOC)CC(C)=O. The van der Waals surface area contributed by atoms with Gasteiger partial charge in [-0.15, -0.1) is 5.10 Å². The molecular formula is C36H62N8O10. The Balaban J connectivity index is 2.31. The summed E-state index contributed by atoms with van der Waals surface area (Å²) < 4.78 is 22.4. The van der Waals surface area contributed by atoms with Crippen LogP contribution in [0.3, 0.4) is 0 Å². The van der Waals surface area contributed by atoms with E-state index in [0.717, 1.165) is 18.5 Å². The van der Waals surface area contributed by atoms with E-state index < -0.39 is 23.6 Å². The van der Waals surface area contributed by atoms with Gasteiger partial charge in [0, 0.05) is 86.2 Å².